The van der Waals surface area contributed by atoms with Crippen LogP contribution in [0.4, 0.5) is 11.4 Å². The molecule has 0 atom stereocenters. The Balaban J connectivity index is 1.78. The van der Waals surface area contributed by atoms with Crippen LogP contribution in [0.1, 0.15) is 0 Å². The summed E-state index contributed by atoms with van der Waals surface area (Å²) in [6, 6.07) is 21.7. The second-order valence-electron chi connectivity index (χ2n) is 4.14. The van der Waals surface area contributed by atoms with Gasteiger partial charge in [-0.25, -0.2) is 0 Å². The van der Waals surface area contributed by atoms with Gasteiger partial charge >= 0.3 is 0 Å². The second-order valence-corrected chi connectivity index (χ2v) is 4.14. The van der Waals surface area contributed by atoms with E-state index in [-0.39, 0.29) is 0 Å². The van der Waals surface area contributed by atoms with Crippen molar-refractivity contribution in [1.29, 1.82) is 0 Å². The summed E-state index contributed by atoms with van der Waals surface area (Å²) in [5.41, 5.74) is 2.82. The Bertz CT molecular complexity index is 653. The number of benzene rings is 2. The Kier molecular flexibility index (Phi) is 3.19. The van der Waals surface area contributed by atoms with Crippen LogP contribution in [0.3, 0.4) is 0 Å². The fraction of sp³-hybridized carbons (Fsp3) is 0. The van der Waals surface area contributed by atoms with Crippen molar-refractivity contribution in [1.82, 2.24) is 4.57 Å². The molecule has 0 aliphatic carbocycles. The molecule has 0 radical (unpaired) electrons. The van der Waals surface area contributed by atoms with E-state index in [0.717, 1.165) is 17.1 Å². The van der Waals surface area contributed by atoms with Gasteiger partial charge in [-0.05, 0) is 48.5 Å². The minimum atomic E-state index is 0.847. The standard InChI is InChI=1S/C16H13N3/c1-2-6-14(7-3-1)17-18-15-8-10-16(11-9-15)19-12-4-5-13-19/h1-13H. The Morgan fingerprint density at radius 1 is 0.579 bits per heavy atom. The molecular weight excluding hydrogens is 234 g/mol. The fourth-order valence-corrected chi connectivity index (χ4v) is 1.81. The molecular formula is C16H13N3. The first-order chi connectivity index (χ1) is 9.42. The third kappa shape index (κ3) is 2.77. The Morgan fingerprint density at radius 2 is 1.16 bits per heavy atom. The first kappa shape index (κ1) is 11.4. The van der Waals surface area contributed by atoms with Gasteiger partial charge in [0.25, 0.3) is 0 Å². The van der Waals surface area contributed by atoms with E-state index in [1.165, 1.54) is 0 Å². The lowest BCUT2D eigenvalue weighted by Crippen LogP contribution is -1.87. The van der Waals surface area contributed by atoms with E-state index >= 15 is 0 Å². The lowest BCUT2D eigenvalue weighted by molar-refractivity contribution is 1.08. The third-order valence-electron chi connectivity index (χ3n) is 2.79. The van der Waals surface area contributed by atoms with Crippen LogP contribution in [0, 0.1) is 0 Å². The lowest BCUT2D eigenvalue weighted by Gasteiger charge is -2.02. The Morgan fingerprint density at radius 3 is 1.79 bits per heavy atom. The highest BCUT2D eigenvalue weighted by atomic mass is 15.1. The highest BCUT2D eigenvalue weighted by molar-refractivity contribution is 5.45. The van der Waals surface area contributed by atoms with Crippen LogP contribution in [0.15, 0.2) is 89.4 Å². The van der Waals surface area contributed by atoms with Crippen molar-refractivity contribution in [3.8, 4) is 5.69 Å². The SMILES string of the molecule is c1ccc(N=Nc2ccc(-n3cccc3)cc2)cc1. The maximum Gasteiger partial charge on any atom is 0.0858 e. The number of azo groups is 1. The smallest absolute Gasteiger partial charge is 0.0858 e. The molecule has 1 aromatic heterocycles. The maximum atomic E-state index is 4.21. The maximum absolute atomic E-state index is 4.21. The monoisotopic (exact) mass is 247 g/mol. The first-order valence-electron chi connectivity index (χ1n) is 6.12. The zero-order valence-corrected chi connectivity index (χ0v) is 10.3. The first-order valence-corrected chi connectivity index (χ1v) is 6.12. The highest BCUT2D eigenvalue weighted by Crippen LogP contribution is 2.19. The summed E-state index contributed by atoms with van der Waals surface area (Å²) >= 11 is 0. The van der Waals surface area contributed by atoms with E-state index in [4.69, 9.17) is 0 Å². The molecule has 0 saturated heterocycles. The van der Waals surface area contributed by atoms with E-state index < -0.39 is 0 Å². The molecule has 0 fully saturated rings. The summed E-state index contributed by atoms with van der Waals surface area (Å²) in [6.45, 7) is 0. The summed E-state index contributed by atoms with van der Waals surface area (Å²) in [5.74, 6) is 0. The van der Waals surface area contributed by atoms with Crippen molar-refractivity contribution in [3.05, 3.63) is 79.1 Å². The molecule has 3 aromatic rings. The van der Waals surface area contributed by atoms with Gasteiger partial charge in [-0.1, -0.05) is 18.2 Å². The molecule has 0 saturated carbocycles. The van der Waals surface area contributed by atoms with Gasteiger partial charge in [0.05, 0.1) is 11.4 Å². The highest BCUT2D eigenvalue weighted by Gasteiger charge is 1.95. The van der Waals surface area contributed by atoms with Gasteiger partial charge in [-0.15, -0.1) is 0 Å². The number of hydrogen-bond acceptors (Lipinski definition) is 2. The van der Waals surface area contributed by atoms with Crippen molar-refractivity contribution in [2.75, 3.05) is 0 Å². The molecule has 0 bridgehead atoms. The number of rotatable bonds is 3. The predicted molar refractivity (Wildman–Crippen MR) is 76.4 cm³/mol. The Hall–Kier alpha value is -2.68. The minimum absolute atomic E-state index is 0.847. The van der Waals surface area contributed by atoms with E-state index in [0.29, 0.717) is 0 Å². The van der Waals surface area contributed by atoms with Crippen molar-refractivity contribution >= 4 is 11.4 Å². The molecule has 3 heteroatoms. The molecule has 0 unspecified atom stereocenters. The lowest BCUT2D eigenvalue weighted by atomic mass is 10.3. The summed E-state index contributed by atoms with van der Waals surface area (Å²) in [7, 11) is 0. The molecule has 19 heavy (non-hydrogen) atoms. The number of nitrogens with zero attached hydrogens (tertiary/aromatic N) is 3. The van der Waals surface area contributed by atoms with Crippen LogP contribution in [0.2, 0.25) is 0 Å². The van der Waals surface area contributed by atoms with E-state index in [1.54, 1.807) is 0 Å². The fourth-order valence-electron chi connectivity index (χ4n) is 1.81. The van der Waals surface area contributed by atoms with Crippen molar-refractivity contribution in [2.45, 2.75) is 0 Å². The van der Waals surface area contributed by atoms with Crippen LogP contribution >= 0.6 is 0 Å². The third-order valence-corrected chi connectivity index (χ3v) is 2.79. The van der Waals surface area contributed by atoms with Gasteiger partial charge in [-0.3, -0.25) is 0 Å². The van der Waals surface area contributed by atoms with Gasteiger partial charge in [0.1, 0.15) is 0 Å². The quantitative estimate of drug-likeness (QED) is 0.590. The van der Waals surface area contributed by atoms with Crippen molar-refractivity contribution < 1.29 is 0 Å². The molecule has 0 spiro atoms. The van der Waals surface area contributed by atoms with E-state index in [9.17, 15) is 0 Å². The van der Waals surface area contributed by atoms with E-state index in [1.807, 2.05) is 79.1 Å². The predicted octanol–water partition coefficient (Wildman–Crippen LogP) is 4.89. The zero-order chi connectivity index (χ0) is 12.9. The normalized spacial score (nSPS) is 10.9. The molecule has 0 N–H and O–H groups in total. The average molecular weight is 247 g/mol. The summed E-state index contributed by atoms with van der Waals surface area (Å²) in [6.07, 6.45) is 4.03. The Labute approximate surface area is 111 Å². The summed E-state index contributed by atoms with van der Waals surface area (Å²) in [4.78, 5) is 0. The van der Waals surface area contributed by atoms with Crippen LogP contribution in [-0.2, 0) is 0 Å². The molecule has 0 aliphatic heterocycles. The van der Waals surface area contributed by atoms with Gasteiger partial charge < -0.3 is 4.57 Å². The largest absolute Gasteiger partial charge is 0.324 e. The van der Waals surface area contributed by atoms with Crippen LogP contribution in [-0.4, -0.2) is 4.57 Å². The number of hydrogen-bond donors (Lipinski definition) is 0. The van der Waals surface area contributed by atoms with Gasteiger partial charge in [0.15, 0.2) is 0 Å². The van der Waals surface area contributed by atoms with Crippen LogP contribution in [0.5, 0.6) is 0 Å². The summed E-state index contributed by atoms with van der Waals surface area (Å²) < 4.78 is 2.05. The minimum Gasteiger partial charge on any atom is -0.324 e. The second kappa shape index (κ2) is 5.31. The molecule has 1 heterocycles. The molecule has 3 rings (SSSR count). The molecule has 92 valence electrons. The average Bonchev–Trinajstić information content (AvgIpc) is 3.01. The molecule has 0 amide bonds. The molecule has 2 aromatic carbocycles. The topological polar surface area (TPSA) is 29.6 Å². The van der Waals surface area contributed by atoms with Crippen LogP contribution < -0.4 is 0 Å². The van der Waals surface area contributed by atoms with Gasteiger partial charge in [0, 0.05) is 18.1 Å². The van der Waals surface area contributed by atoms with Crippen molar-refractivity contribution in [2.24, 2.45) is 10.2 Å². The number of aromatic nitrogens is 1. The van der Waals surface area contributed by atoms with Gasteiger partial charge in [-0.2, -0.15) is 10.2 Å². The van der Waals surface area contributed by atoms with Gasteiger partial charge in [0.2, 0.25) is 0 Å². The van der Waals surface area contributed by atoms with Crippen molar-refractivity contribution in [3.63, 3.8) is 0 Å². The van der Waals surface area contributed by atoms with Crippen LogP contribution in [0.25, 0.3) is 5.69 Å². The summed E-state index contributed by atoms with van der Waals surface area (Å²) in [5, 5.41) is 8.40. The zero-order valence-electron chi connectivity index (χ0n) is 10.3. The molecule has 0 aliphatic rings. The molecule has 3 nitrogen and oxygen atoms in total. The van der Waals surface area contributed by atoms with E-state index in [2.05, 4.69) is 14.8 Å².